The number of anilines is 1. The topological polar surface area (TPSA) is 49.5 Å². The van der Waals surface area contributed by atoms with Crippen molar-refractivity contribution in [3.63, 3.8) is 0 Å². The standard InChI is InChI=1S/C25H26N2OS/c1-2-6-16-9-10-18-12-20-23-21(24(28)19(18)11-16)14-27(15-22(23)29-25(20)26)13-17-7-4-3-5-8-17/h3-5,7-12,21,28H,2,6,13-15,26H2,1H3. The maximum absolute atomic E-state index is 11.4. The van der Waals surface area contributed by atoms with E-state index in [2.05, 4.69) is 66.4 Å². The largest absolute Gasteiger partial charge is 0.511 e. The molecule has 0 amide bonds. The van der Waals surface area contributed by atoms with Crippen molar-refractivity contribution in [1.29, 1.82) is 0 Å². The normalized spacial score (nSPS) is 18.0. The smallest absolute Gasteiger partial charge is 0.109 e. The first-order chi connectivity index (χ1) is 14.1. The van der Waals surface area contributed by atoms with Gasteiger partial charge in [0.1, 0.15) is 5.76 Å². The molecule has 0 radical (unpaired) electrons. The minimum atomic E-state index is -0.0274. The number of nitrogens with zero attached hydrogens (tertiary/aromatic N) is 1. The van der Waals surface area contributed by atoms with Crippen LogP contribution in [0.3, 0.4) is 0 Å². The third kappa shape index (κ3) is 3.26. The summed E-state index contributed by atoms with van der Waals surface area (Å²) in [5.74, 6) is 0.463. The Labute approximate surface area is 175 Å². The molecular formula is C25H26N2OS. The number of aliphatic hydroxyl groups is 1. The minimum absolute atomic E-state index is 0.0274. The molecule has 3 N–H and O–H groups in total. The maximum atomic E-state index is 11.4. The Bertz CT molecular complexity index is 1180. The molecule has 1 unspecified atom stereocenters. The van der Waals surface area contributed by atoms with Gasteiger partial charge < -0.3 is 10.8 Å². The van der Waals surface area contributed by atoms with Crippen LogP contribution in [-0.2, 0) is 19.5 Å². The van der Waals surface area contributed by atoms with E-state index in [4.69, 9.17) is 5.73 Å². The van der Waals surface area contributed by atoms with Crippen molar-refractivity contribution < 1.29 is 5.11 Å². The van der Waals surface area contributed by atoms with E-state index >= 15 is 0 Å². The number of fused-ring (bicyclic) bond motifs is 1. The van der Waals surface area contributed by atoms with Crippen LogP contribution >= 0.6 is 11.3 Å². The first kappa shape index (κ1) is 18.5. The molecule has 1 atom stereocenters. The Morgan fingerprint density at radius 3 is 2.76 bits per heavy atom. The summed E-state index contributed by atoms with van der Waals surface area (Å²) in [7, 11) is 0. The molecule has 3 aromatic rings. The van der Waals surface area contributed by atoms with Gasteiger partial charge in [-0.05, 0) is 40.5 Å². The van der Waals surface area contributed by atoms with E-state index < -0.39 is 0 Å². The van der Waals surface area contributed by atoms with E-state index in [1.807, 2.05) is 0 Å². The summed E-state index contributed by atoms with van der Waals surface area (Å²) in [4.78, 5) is 3.72. The maximum Gasteiger partial charge on any atom is 0.109 e. The number of nitrogen functional groups attached to an aromatic ring is 1. The van der Waals surface area contributed by atoms with Crippen molar-refractivity contribution in [2.75, 3.05) is 12.3 Å². The second kappa shape index (κ2) is 7.36. The predicted molar refractivity (Wildman–Crippen MR) is 121 cm³/mol. The van der Waals surface area contributed by atoms with E-state index in [0.29, 0.717) is 5.76 Å². The van der Waals surface area contributed by atoms with Crippen LogP contribution in [0.1, 0.15) is 46.4 Å². The highest BCUT2D eigenvalue weighted by Crippen LogP contribution is 2.44. The van der Waals surface area contributed by atoms with E-state index in [9.17, 15) is 5.11 Å². The van der Waals surface area contributed by atoms with E-state index in [1.54, 1.807) is 11.3 Å². The number of nitrogens with two attached hydrogens (primary N) is 1. The number of rotatable bonds is 4. The van der Waals surface area contributed by atoms with Crippen LogP contribution in [0.4, 0.5) is 5.00 Å². The fourth-order valence-electron chi connectivity index (χ4n) is 4.71. The Hall–Kier alpha value is -2.56. The van der Waals surface area contributed by atoms with Gasteiger partial charge >= 0.3 is 0 Å². The Morgan fingerprint density at radius 1 is 1.14 bits per heavy atom. The molecule has 148 valence electrons. The lowest BCUT2D eigenvalue weighted by Gasteiger charge is -2.33. The molecule has 0 saturated carbocycles. The van der Waals surface area contributed by atoms with Crippen LogP contribution in [0.2, 0.25) is 0 Å². The SMILES string of the molecule is CCCc1ccc2c(c1)=C(O)C1CN(Cc3ccccc3)Cc3sc(N)c(c31)C=2. The Kier molecular flexibility index (Phi) is 4.69. The summed E-state index contributed by atoms with van der Waals surface area (Å²) in [5.41, 5.74) is 11.4. The first-order valence-electron chi connectivity index (χ1n) is 10.3. The van der Waals surface area contributed by atoms with Gasteiger partial charge in [0.25, 0.3) is 0 Å². The molecule has 4 heteroatoms. The number of benzene rings is 2. The average Bonchev–Trinajstić information content (AvgIpc) is 2.97. The number of hydrogen-bond acceptors (Lipinski definition) is 4. The van der Waals surface area contributed by atoms with Crippen LogP contribution < -0.4 is 16.2 Å². The Morgan fingerprint density at radius 2 is 1.97 bits per heavy atom. The van der Waals surface area contributed by atoms with Gasteiger partial charge in [0, 0.05) is 35.3 Å². The predicted octanol–water partition coefficient (Wildman–Crippen LogP) is 3.89. The summed E-state index contributed by atoms with van der Waals surface area (Å²) in [5, 5.41) is 14.3. The minimum Gasteiger partial charge on any atom is -0.511 e. The highest BCUT2D eigenvalue weighted by Gasteiger charge is 2.34. The second-order valence-corrected chi connectivity index (χ2v) is 9.26. The van der Waals surface area contributed by atoms with Crippen LogP contribution in [0.5, 0.6) is 0 Å². The van der Waals surface area contributed by atoms with Crippen LogP contribution in [0.25, 0.3) is 11.8 Å². The lowest BCUT2D eigenvalue weighted by atomic mass is 9.90. The molecule has 0 spiro atoms. The van der Waals surface area contributed by atoms with Crippen molar-refractivity contribution in [3.05, 3.63) is 86.1 Å². The molecule has 1 aliphatic heterocycles. The van der Waals surface area contributed by atoms with Gasteiger partial charge in [0.05, 0.1) is 10.9 Å². The zero-order chi connectivity index (χ0) is 20.0. The molecule has 2 aliphatic rings. The summed E-state index contributed by atoms with van der Waals surface area (Å²) < 4.78 is 0. The molecule has 2 heterocycles. The highest BCUT2D eigenvalue weighted by atomic mass is 32.1. The molecule has 3 nitrogen and oxygen atoms in total. The molecule has 1 aromatic heterocycles. The molecule has 0 bridgehead atoms. The summed E-state index contributed by atoms with van der Waals surface area (Å²) >= 11 is 1.68. The average molecular weight is 403 g/mol. The van der Waals surface area contributed by atoms with Crippen molar-refractivity contribution in [2.24, 2.45) is 0 Å². The second-order valence-electron chi connectivity index (χ2n) is 8.13. The third-order valence-electron chi connectivity index (χ3n) is 6.06. The van der Waals surface area contributed by atoms with Gasteiger partial charge in [-0.25, -0.2) is 0 Å². The lowest BCUT2D eigenvalue weighted by Crippen LogP contribution is -2.35. The van der Waals surface area contributed by atoms with Gasteiger partial charge in [-0.15, -0.1) is 11.3 Å². The van der Waals surface area contributed by atoms with E-state index in [0.717, 1.165) is 53.5 Å². The zero-order valence-corrected chi connectivity index (χ0v) is 17.5. The van der Waals surface area contributed by atoms with Gasteiger partial charge in [0.2, 0.25) is 0 Å². The van der Waals surface area contributed by atoms with Crippen LogP contribution in [-0.4, -0.2) is 16.6 Å². The van der Waals surface area contributed by atoms with Crippen molar-refractivity contribution in [3.8, 4) is 0 Å². The highest BCUT2D eigenvalue weighted by molar-refractivity contribution is 7.16. The number of aryl methyl sites for hydroxylation is 1. The Balaban J connectivity index is 1.63. The number of aliphatic hydroxyl groups excluding tert-OH is 1. The number of thiophene rings is 1. The monoisotopic (exact) mass is 402 g/mol. The van der Waals surface area contributed by atoms with Crippen molar-refractivity contribution in [2.45, 2.75) is 38.8 Å². The summed E-state index contributed by atoms with van der Waals surface area (Å²) in [6.45, 7) is 4.76. The fraction of sp³-hybridized carbons (Fsp3) is 0.280. The van der Waals surface area contributed by atoms with Crippen molar-refractivity contribution in [1.82, 2.24) is 4.90 Å². The van der Waals surface area contributed by atoms with Crippen LogP contribution in [0.15, 0.2) is 48.5 Å². The van der Waals surface area contributed by atoms with Crippen LogP contribution in [0, 0.1) is 0 Å². The van der Waals surface area contributed by atoms with Gasteiger partial charge in [0.15, 0.2) is 0 Å². The third-order valence-corrected chi connectivity index (χ3v) is 7.09. The number of hydrogen-bond donors (Lipinski definition) is 2. The molecule has 1 aliphatic carbocycles. The molecular weight excluding hydrogens is 376 g/mol. The molecule has 29 heavy (non-hydrogen) atoms. The van der Waals surface area contributed by atoms with Crippen molar-refractivity contribution >= 4 is 28.2 Å². The zero-order valence-electron chi connectivity index (χ0n) is 16.7. The summed E-state index contributed by atoms with van der Waals surface area (Å²) in [6, 6.07) is 17.0. The first-order valence-corrected chi connectivity index (χ1v) is 11.2. The molecule has 2 aromatic carbocycles. The fourth-order valence-corrected chi connectivity index (χ4v) is 5.87. The molecule has 5 rings (SSSR count). The van der Waals surface area contributed by atoms with Gasteiger partial charge in [-0.1, -0.05) is 55.8 Å². The molecule has 0 saturated heterocycles. The van der Waals surface area contributed by atoms with Gasteiger partial charge in [-0.2, -0.15) is 0 Å². The summed E-state index contributed by atoms with van der Waals surface area (Å²) in [6.07, 6.45) is 4.31. The lowest BCUT2D eigenvalue weighted by molar-refractivity contribution is 0.229. The van der Waals surface area contributed by atoms with Gasteiger partial charge in [-0.3, -0.25) is 4.90 Å². The van der Waals surface area contributed by atoms with E-state index in [1.165, 1.54) is 21.6 Å². The molecule has 0 fully saturated rings. The van der Waals surface area contributed by atoms with E-state index in [-0.39, 0.29) is 5.92 Å². The quantitative estimate of drug-likeness (QED) is 0.696.